The van der Waals surface area contributed by atoms with Crippen LogP contribution in [0.4, 0.5) is 9.59 Å². The van der Waals surface area contributed by atoms with Crippen LogP contribution in [0.1, 0.15) is 27.2 Å². The maximum atomic E-state index is 8.56. The average molecular weight is 211 g/mol. The average Bonchev–Trinajstić information content (AvgIpc) is 1.83. The van der Waals surface area contributed by atoms with Crippen molar-refractivity contribution in [1.82, 2.24) is 0 Å². The molecular weight excluding hydrogens is 194 g/mol. The summed E-state index contributed by atoms with van der Waals surface area (Å²) in [7, 11) is 0. The Morgan fingerprint density at radius 1 is 1.07 bits per heavy atom. The van der Waals surface area contributed by atoms with E-state index >= 15 is 0 Å². The van der Waals surface area contributed by atoms with Crippen LogP contribution in [0.15, 0.2) is 0 Å². The predicted octanol–water partition coefficient (Wildman–Crippen LogP) is 1.58. The molecule has 0 heterocycles. The number of carbonyl (C=O) groups is 2. The molecule has 0 radical (unpaired) electrons. The first-order chi connectivity index (χ1) is 6.02. The zero-order valence-electron chi connectivity index (χ0n) is 8.39. The molecule has 0 spiro atoms. The lowest BCUT2D eigenvalue weighted by Gasteiger charge is -2.13. The molecule has 0 bridgehead atoms. The summed E-state index contributed by atoms with van der Waals surface area (Å²) in [6, 6.07) is 0. The van der Waals surface area contributed by atoms with Gasteiger partial charge < -0.3 is 26.2 Å². The Kier molecular flexibility index (Phi) is 12.5. The first-order valence-electron chi connectivity index (χ1n) is 3.65. The SMILES string of the molecule is CCC(C)(C)N.O=C(O)O.O=C(O)O. The molecule has 0 fully saturated rings. The minimum absolute atomic E-state index is 0.0417. The Labute approximate surface area is 81.8 Å². The third kappa shape index (κ3) is 421. The Morgan fingerprint density at radius 3 is 1.14 bits per heavy atom. The van der Waals surface area contributed by atoms with Gasteiger partial charge in [0, 0.05) is 5.54 Å². The van der Waals surface area contributed by atoms with Gasteiger partial charge >= 0.3 is 12.3 Å². The summed E-state index contributed by atoms with van der Waals surface area (Å²) in [6.07, 6.45) is -2.62. The highest BCUT2D eigenvalue weighted by Crippen LogP contribution is 1.99. The Bertz CT molecular complexity index is 142. The number of hydrogen-bond acceptors (Lipinski definition) is 3. The van der Waals surface area contributed by atoms with Crippen molar-refractivity contribution in [2.75, 3.05) is 0 Å². The quantitative estimate of drug-likeness (QED) is 0.443. The van der Waals surface area contributed by atoms with Crippen LogP contribution in [0.5, 0.6) is 0 Å². The van der Waals surface area contributed by atoms with E-state index in [-0.39, 0.29) is 5.54 Å². The van der Waals surface area contributed by atoms with Gasteiger partial charge in [0.05, 0.1) is 0 Å². The number of nitrogens with two attached hydrogens (primary N) is 1. The minimum atomic E-state index is -1.83. The molecule has 0 aromatic heterocycles. The second-order valence-electron chi connectivity index (χ2n) is 2.91. The van der Waals surface area contributed by atoms with Gasteiger partial charge in [0.25, 0.3) is 0 Å². The van der Waals surface area contributed by atoms with E-state index in [1.807, 2.05) is 13.8 Å². The fourth-order valence-electron chi connectivity index (χ4n) is 0. The van der Waals surface area contributed by atoms with Crippen LogP contribution in [-0.4, -0.2) is 38.3 Å². The molecule has 7 heteroatoms. The van der Waals surface area contributed by atoms with Gasteiger partial charge in [-0.25, -0.2) is 9.59 Å². The van der Waals surface area contributed by atoms with Crippen molar-refractivity contribution in [3.05, 3.63) is 0 Å². The molecule has 0 unspecified atom stereocenters. The first-order valence-corrected chi connectivity index (χ1v) is 3.65. The van der Waals surface area contributed by atoms with Crippen molar-refractivity contribution in [2.24, 2.45) is 5.73 Å². The second-order valence-corrected chi connectivity index (χ2v) is 2.91. The molecule has 7 nitrogen and oxygen atoms in total. The van der Waals surface area contributed by atoms with Crippen LogP contribution >= 0.6 is 0 Å². The largest absolute Gasteiger partial charge is 0.503 e. The molecule has 0 aromatic rings. The molecule has 0 rings (SSSR count). The first kappa shape index (κ1) is 18.3. The van der Waals surface area contributed by atoms with E-state index in [1.54, 1.807) is 0 Å². The van der Waals surface area contributed by atoms with Gasteiger partial charge in [-0.1, -0.05) is 6.92 Å². The summed E-state index contributed by atoms with van der Waals surface area (Å²) < 4.78 is 0. The minimum Gasteiger partial charge on any atom is -0.450 e. The van der Waals surface area contributed by atoms with Crippen molar-refractivity contribution < 1.29 is 30.0 Å². The highest BCUT2D eigenvalue weighted by molar-refractivity contribution is 5.53. The molecule has 0 aliphatic carbocycles. The molecule has 0 atom stereocenters. The predicted molar refractivity (Wildman–Crippen MR) is 49.9 cm³/mol. The lowest BCUT2D eigenvalue weighted by Crippen LogP contribution is -2.30. The summed E-state index contributed by atoms with van der Waals surface area (Å²) in [6.45, 7) is 6.12. The Morgan fingerprint density at radius 2 is 1.14 bits per heavy atom. The second kappa shape index (κ2) is 9.59. The molecule has 86 valence electrons. The van der Waals surface area contributed by atoms with Crippen molar-refractivity contribution in [1.29, 1.82) is 0 Å². The van der Waals surface area contributed by atoms with E-state index in [2.05, 4.69) is 6.92 Å². The van der Waals surface area contributed by atoms with Gasteiger partial charge in [-0.2, -0.15) is 0 Å². The van der Waals surface area contributed by atoms with E-state index in [0.717, 1.165) is 6.42 Å². The molecule has 0 aromatic carbocycles. The highest BCUT2D eigenvalue weighted by atomic mass is 16.6. The van der Waals surface area contributed by atoms with Crippen LogP contribution in [0, 0.1) is 0 Å². The van der Waals surface area contributed by atoms with Crippen LogP contribution in [0.3, 0.4) is 0 Å². The molecule has 0 amide bonds. The van der Waals surface area contributed by atoms with Gasteiger partial charge in [0.1, 0.15) is 0 Å². The molecule has 14 heavy (non-hydrogen) atoms. The topological polar surface area (TPSA) is 141 Å². The molecule has 0 saturated heterocycles. The summed E-state index contributed by atoms with van der Waals surface area (Å²) >= 11 is 0. The molecular formula is C7H17NO6. The zero-order valence-corrected chi connectivity index (χ0v) is 8.39. The lowest BCUT2D eigenvalue weighted by molar-refractivity contribution is 0.135. The zero-order chi connectivity index (χ0) is 12.4. The van der Waals surface area contributed by atoms with E-state index in [4.69, 9.17) is 35.7 Å². The number of hydrogen-bond donors (Lipinski definition) is 5. The van der Waals surface area contributed by atoms with Gasteiger partial charge in [-0.15, -0.1) is 0 Å². The van der Waals surface area contributed by atoms with Crippen LogP contribution in [0.2, 0.25) is 0 Å². The third-order valence-electron chi connectivity index (χ3n) is 0.911. The van der Waals surface area contributed by atoms with Crippen molar-refractivity contribution >= 4 is 12.3 Å². The summed E-state index contributed by atoms with van der Waals surface area (Å²) in [5.74, 6) is 0. The number of rotatable bonds is 1. The standard InChI is InChI=1S/C5H13N.2CH2O3/c1-4-5(2,3)6;2*2-1(3)4/h4,6H2,1-3H3;2*(H2,2,3,4). The summed E-state index contributed by atoms with van der Waals surface area (Å²) in [5.41, 5.74) is 5.58. The van der Waals surface area contributed by atoms with E-state index in [0.29, 0.717) is 0 Å². The molecule has 0 aliphatic heterocycles. The maximum Gasteiger partial charge on any atom is 0.503 e. The van der Waals surface area contributed by atoms with E-state index in [9.17, 15) is 0 Å². The maximum absolute atomic E-state index is 8.56. The summed E-state index contributed by atoms with van der Waals surface area (Å²) in [4.78, 5) is 17.1. The van der Waals surface area contributed by atoms with Crippen molar-refractivity contribution in [3.8, 4) is 0 Å². The van der Waals surface area contributed by atoms with Gasteiger partial charge in [0.2, 0.25) is 0 Å². The summed E-state index contributed by atoms with van der Waals surface area (Å²) in [5, 5.41) is 27.9. The monoisotopic (exact) mass is 211 g/mol. The Balaban J connectivity index is -0.000000135. The molecule has 0 aliphatic rings. The van der Waals surface area contributed by atoms with Crippen molar-refractivity contribution in [2.45, 2.75) is 32.7 Å². The van der Waals surface area contributed by atoms with E-state index in [1.165, 1.54) is 0 Å². The van der Waals surface area contributed by atoms with Crippen molar-refractivity contribution in [3.63, 3.8) is 0 Å². The van der Waals surface area contributed by atoms with Gasteiger partial charge in [-0.05, 0) is 20.3 Å². The smallest absolute Gasteiger partial charge is 0.450 e. The highest BCUT2D eigenvalue weighted by Gasteiger charge is 2.03. The van der Waals surface area contributed by atoms with Gasteiger partial charge in [0.15, 0.2) is 0 Å². The number of carboxylic acid groups (broad SMARTS) is 4. The lowest BCUT2D eigenvalue weighted by atomic mass is 10.1. The Hall–Kier alpha value is -1.50. The normalized spacial score (nSPS) is 8.57. The fraction of sp³-hybridized carbons (Fsp3) is 0.714. The van der Waals surface area contributed by atoms with Crippen LogP contribution in [-0.2, 0) is 0 Å². The van der Waals surface area contributed by atoms with Crippen LogP contribution in [0.25, 0.3) is 0 Å². The molecule has 6 N–H and O–H groups in total. The fourth-order valence-corrected chi connectivity index (χ4v) is 0. The molecule has 0 saturated carbocycles. The third-order valence-corrected chi connectivity index (χ3v) is 0.911. The van der Waals surface area contributed by atoms with Gasteiger partial charge in [-0.3, -0.25) is 0 Å². The van der Waals surface area contributed by atoms with Crippen LogP contribution < -0.4 is 5.73 Å². The van der Waals surface area contributed by atoms with E-state index < -0.39 is 12.3 Å².